The average molecular weight is 286 g/mol. The van der Waals surface area contributed by atoms with Crippen molar-refractivity contribution in [2.75, 3.05) is 0 Å². The molecule has 0 saturated heterocycles. The molecule has 0 radical (unpaired) electrons. The third kappa shape index (κ3) is 4.07. The molecule has 21 heavy (non-hydrogen) atoms. The molecule has 0 aliphatic carbocycles. The quantitative estimate of drug-likeness (QED) is 0.489. The summed E-state index contributed by atoms with van der Waals surface area (Å²) >= 11 is 0. The molecule has 5 nitrogen and oxygen atoms in total. The summed E-state index contributed by atoms with van der Waals surface area (Å²) in [6.07, 6.45) is 5.99. The second kappa shape index (κ2) is 6.56. The minimum absolute atomic E-state index is 0.268. The Morgan fingerprint density at radius 2 is 1.33 bits per heavy atom. The molecule has 0 atom stereocenters. The second-order valence-corrected chi connectivity index (χ2v) is 4.36. The third-order valence-electron chi connectivity index (χ3n) is 2.63. The Morgan fingerprint density at radius 1 is 0.905 bits per heavy atom. The first kappa shape index (κ1) is 14.6. The highest BCUT2D eigenvalue weighted by Crippen LogP contribution is 2.11. The maximum absolute atomic E-state index is 11.8. The summed E-state index contributed by atoms with van der Waals surface area (Å²) in [4.78, 5) is 23.6. The lowest BCUT2D eigenvalue weighted by atomic mass is 10.2. The van der Waals surface area contributed by atoms with E-state index in [-0.39, 0.29) is 11.1 Å². The van der Waals surface area contributed by atoms with Crippen LogP contribution < -0.4 is 0 Å². The first-order chi connectivity index (χ1) is 10.1. The van der Waals surface area contributed by atoms with Gasteiger partial charge in [-0.15, -0.1) is 0 Å². The van der Waals surface area contributed by atoms with Gasteiger partial charge in [-0.25, -0.2) is 9.59 Å². The number of ether oxygens (including phenoxy) is 1. The molecule has 0 unspecified atom stereocenters. The van der Waals surface area contributed by atoms with Crippen LogP contribution in [0.25, 0.3) is 12.2 Å². The monoisotopic (exact) mass is 286 g/mol. The highest BCUT2D eigenvalue weighted by molar-refractivity contribution is 6.04. The van der Waals surface area contributed by atoms with Crippen molar-refractivity contribution in [2.24, 2.45) is 0 Å². The summed E-state index contributed by atoms with van der Waals surface area (Å²) in [6, 6.07) is 6.79. The Bertz CT molecular complexity index is 612. The number of hydrogen-bond acceptors (Lipinski definition) is 5. The summed E-state index contributed by atoms with van der Waals surface area (Å²) < 4.78 is 14.9. The van der Waals surface area contributed by atoms with Gasteiger partial charge in [0.05, 0.1) is 12.5 Å². The van der Waals surface area contributed by atoms with E-state index in [2.05, 4.69) is 0 Å². The topological polar surface area (TPSA) is 69.7 Å². The standard InChI is InChI=1S/C16H14O5/c1-11(9-13-5-3-7-19-13)15(17)21-16(18)12(2)10-14-6-4-8-20-14/h3-10H,1-2H3. The zero-order chi connectivity index (χ0) is 15.2. The van der Waals surface area contributed by atoms with Crippen LogP contribution in [0.15, 0.2) is 56.8 Å². The highest BCUT2D eigenvalue weighted by atomic mass is 16.6. The van der Waals surface area contributed by atoms with Gasteiger partial charge in [0.1, 0.15) is 11.5 Å². The lowest BCUT2D eigenvalue weighted by molar-refractivity contribution is -0.153. The minimum Gasteiger partial charge on any atom is -0.465 e. The van der Waals surface area contributed by atoms with E-state index in [1.165, 1.54) is 24.7 Å². The van der Waals surface area contributed by atoms with Crippen LogP contribution in [0.4, 0.5) is 0 Å². The molecule has 0 amide bonds. The lowest BCUT2D eigenvalue weighted by Crippen LogP contribution is -2.13. The number of furan rings is 2. The Balaban J connectivity index is 2.00. The van der Waals surface area contributed by atoms with E-state index < -0.39 is 11.9 Å². The Morgan fingerprint density at radius 3 is 1.67 bits per heavy atom. The van der Waals surface area contributed by atoms with E-state index in [9.17, 15) is 9.59 Å². The summed E-state index contributed by atoms with van der Waals surface area (Å²) in [5.41, 5.74) is 0.535. The van der Waals surface area contributed by atoms with Crippen LogP contribution in [0.1, 0.15) is 25.4 Å². The van der Waals surface area contributed by atoms with E-state index in [1.54, 1.807) is 38.1 Å². The molecule has 108 valence electrons. The molecule has 0 aliphatic rings. The van der Waals surface area contributed by atoms with Crippen molar-refractivity contribution in [3.8, 4) is 0 Å². The average Bonchev–Trinajstić information content (AvgIpc) is 3.11. The van der Waals surface area contributed by atoms with Gasteiger partial charge in [-0.05, 0) is 50.3 Å². The van der Waals surface area contributed by atoms with Gasteiger partial charge >= 0.3 is 11.9 Å². The Kier molecular flexibility index (Phi) is 4.56. The molecule has 2 rings (SSSR count). The zero-order valence-electron chi connectivity index (χ0n) is 11.7. The fraction of sp³-hybridized carbons (Fsp3) is 0.125. The van der Waals surface area contributed by atoms with Gasteiger partial charge in [-0.1, -0.05) is 0 Å². The zero-order valence-corrected chi connectivity index (χ0v) is 11.7. The van der Waals surface area contributed by atoms with Crippen molar-refractivity contribution in [1.29, 1.82) is 0 Å². The van der Waals surface area contributed by atoms with Crippen molar-refractivity contribution in [1.82, 2.24) is 0 Å². The molecule has 2 heterocycles. The first-order valence-electron chi connectivity index (χ1n) is 6.26. The molecule has 0 saturated carbocycles. The molecular weight excluding hydrogens is 272 g/mol. The van der Waals surface area contributed by atoms with E-state index in [0.717, 1.165) is 0 Å². The summed E-state index contributed by atoms with van der Waals surface area (Å²) in [7, 11) is 0. The molecule has 2 aromatic rings. The van der Waals surface area contributed by atoms with Crippen molar-refractivity contribution in [3.05, 3.63) is 59.5 Å². The molecule has 0 N–H and O–H groups in total. The maximum atomic E-state index is 11.8. The van der Waals surface area contributed by atoms with Crippen LogP contribution in [0.5, 0.6) is 0 Å². The molecule has 0 fully saturated rings. The van der Waals surface area contributed by atoms with Gasteiger partial charge in [0.2, 0.25) is 0 Å². The van der Waals surface area contributed by atoms with Gasteiger partial charge in [0.15, 0.2) is 0 Å². The fourth-order valence-electron chi connectivity index (χ4n) is 1.54. The third-order valence-corrected chi connectivity index (χ3v) is 2.63. The predicted molar refractivity (Wildman–Crippen MR) is 75.8 cm³/mol. The fourth-order valence-corrected chi connectivity index (χ4v) is 1.54. The van der Waals surface area contributed by atoms with Crippen molar-refractivity contribution in [3.63, 3.8) is 0 Å². The molecule has 5 heteroatoms. The van der Waals surface area contributed by atoms with Crippen molar-refractivity contribution in [2.45, 2.75) is 13.8 Å². The van der Waals surface area contributed by atoms with Crippen LogP contribution in [-0.2, 0) is 14.3 Å². The van der Waals surface area contributed by atoms with Gasteiger partial charge in [0, 0.05) is 11.1 Å². The van der Waals surface area contributed by atoms with Gasteiger partial charge in [-0.2, -0.15) is 0 Å². The molecule has 2 aromatic heterocycles. The lowest BCUT2D eigenvalue weighted by Gasteiger charge is -2.02. The number of esters is 2. The van der Waals surface area contributed by atoms with Crippen LogP contribution in [0.3, 0.4) is 0 Å². The van der Waals surface area contributed by atoms with E-state index in [0.29, 0.717) is 11.5 Å². The van der Waals surface area contributed by atoms with Crippen molar-refractivity contribution < 1.29 is 23.2 Å². The van der Waals surface area contributed by atoms with E-state index in [4.69, 9.17) is 13.6 Å². The molecule has 0 spiro atoms. The number of carbonyl (C=O) groups is 2. The Labute approximate surface area is 121 Å². The number of rotatable bonds is 4. The molecule has 0 bridgehead atoms. The first-order valence-corrected chi connectivity index (χ1v) is 6.26. The van der Waals surface area contributed by atoms with Crippen LogP contribution >= 0.6 is 0 Å². The largest absolute Gasteiger partial charge is 0.465 e. The smallest absolute Gasteiger partial charge is 0.341 e. The van der Waals surface area contributed by atoms with E-state index >= 15 is 0 Å². The van der Waals surface area contributed by atoms with Gasteiger partial charge in [-0.3, -0.25) is 0 Å². The Hall–Kier alpha value is -2.82. The minimum atomic E-state index is -0.719. The van der Waals surface area contributed by atoms with Crippen LogP contribution in [0.2, 0.25) is 0 Å². The van der Waals surface area contributed by atoms with Crippen molar-refractivity contribution >= 4 is 24.1 Å². The van der Waals surface area contributed by atoms with Gasteiger partial charge in [0.25, 0.3) is 0 Å². The molecular formula is C16H14O5. The summed E-state index contributed by atoms with van der Waals surface area (Å²) in [6.45, 7) is 3.09. The molecule has 0 aliphatic heterocycles. The second-order valence-electron chi connectivity index (χ2n) is 4.36. The number of carbonyl (C=O) groups excluding carboxylic acids is 2. The highest BCUT2D eigenvalue weighted by Gasteiger charge is 2.14. The van der Waals surface area contributed by atoms with Gasteiger partial charge < -0.3 is 13.6 Å². The SMILES string of the molecule is CC(=Cc1ccco1)C(=O)OC(=O)C(C)=Cc1ccco1. The van der Waals surface area contributed by atoms with E-state index in [1.807, 2.05) is 0 Å². The summed E-state index contributed by atoms with van der Waals surface area (Å²) in [5, 5.41) is 0. The maximum Gasteiger partial charge on any atom is 0.341 e. The molecule has 0 aromatic carbocycles. The normalized spacial score (nSPS) is 12.3. The predicted octanol–water partition coefficient (Wildman–Crippen LogP) is 3.45. The van der Waals surface area contributed by atoms with Crippen LogP contribution in [-0.4, -0.2) is 11.9 Å². The van der Waals surface area contributed by atoms with Crippen LogP contribution in [0, 0.1) is 0 Å². The summed E-state index contributed by atoms with van der Waals surface area (Å²) in [5.74, 6) is -0.410. The number of hydrogen-bond donors (Lipinski definition) is 0.